The van der Waals surface area contributed by atoms with Crippen molar-refractivity contribution in [2.24, 2.45) is 0 Å². The van der Waals surface area contributed by atoms with Crippen LogP contribution in [0.4, 0.5) is 23.0 Å². The maximum absolute atomic E-state index is 13.4. The van der Waals surface area contributed by atoms with E-state index in [4.69, 9.17) is 9.72 Å². The van der Waals surface area contributed by atoms with Gasteiger partial charge < -0.3 is 30.3 Å². The number of piperidine rings is 1. The van der Waals surface area contributed by atoms with Crippen molar-refractivity contribution in [1.29, 1.82) is 0 Å². The fourth-order valence-electron chi connectivity index (χ4n) is 7.93. The second kappa shape index (κ2) is 17.6. The maximum atomic E-state index is 13.4. The minimum absolute atomic E-state index is 0.0105. The van der Waals surface area contributed by atoms with Crippen molar-refractivity contribution in [3.63, 3.8) is 0 Å². The van der Waals surface area contributed by atoms with E-state index in [-0.39, 0.29) is 67.6 Å². The average Bonchev–Trinajstić information content (AvgIpc) is 3.69. The van der Waals surface area contributed by atoms with Crippen molar-refractivity contribution >= 4 is 63.6 Å². The molecule has 3 aliphatic heterocycles. The molecule has 326 valence electrons. The van der Waals surface area contributed by atoms with Gasteiger partial charge >= 0.3 is 0 Å². The third-order valence-corrected chi connectivity index (χ3v) is 11.2. The molecule has 0 bridgehead atoms. The molecule has 2 saturated heterocycles. The van der Waals surface area contributed by atoms with Crippen molar-refractivity contribution in [3.8, 4) is 5.82 Å². The van der Waals surface area contributed by atoms with E-state index in [1.54, 1.807) is 54.9 Å². The summed E-state index contributed by atoms with van der Waals surface area (Å²) in [6.45, 7) is 10.5. The second-order valence-corrected chi connectivity index (χ2v) is 15.9. The Balaban J connectivity index is 0.803. The Morgan fingerprint density at radius 1 is 0.968 bits per heavy atom. The number of carbonyl (C=O) groups excluding carboxylic acids is 5. The highest BCUT2D eigenvalue weighted by Gasteiger charge is 2.45. The summed E-state index contributed by atoms with van der Waals surface area (Å²) in [5.74, 6) is -1.59. The van der Waals surface area contributed by atoms with Gasteiger partial charge in [0.05, 0.1) is 43.0 Å². The molecule has 5 aromatic rings. The van der Waals surface area contributed by atoms with Crippen molar-refractivity contribution < 1.29 is 33.8 Å². The highest BCUT2D eigenvalue weighted by molar-refractivity contribution is 6.25. The van der Waals surface area contributed by atoms with E-state index in [9.17, 15) is 33.9 Å². The zero-order valence-corrected chi connectivity index (χ0v) is 34.9. The zero-order chi connectivity index (χ0) is 44.4. The van der Waals surface area contributed by atoms with Gasteiger partial charge in [0.1, 0.15) is 17.0 Å². The summed E-state index contributed by atoms with van der Waals surface area (Å²) in [6.07, 6.45) is 3.42. The standard InChI is InChI=1S/C44H47N11O8/c1-4-19-53-40(59)30-26-46-43(50-38(30)55(53)34-10-6-9-33(48-34)44(2,3)62)47-27-11-13-28(14-12-27)51-20-22-52(23-21-51)36(57)17-24-63-25-18-45-31-8-5-7-29-37(31)42(61)54(41(29)60)32-15-16-35(56)49-39(32)58/h4-14,26,32,45,62H,1,15-25H2,2-3H3,(H,46,47,50)(H,49,56,58). The summed E-state index contributed by atoms with van der Waals surface area (Å²) >= 11 is 0. The summed E-state index contributed by atoms with van der Waals surface area (Å²) in [5, 5.41) is 19.5. The number of allylic oxidation sites excluding steroid dienone is 1. The first-order chi connectivity index (χ1) is 30.3. The van der Waals surface area contributed by atoms with E-state index in [1.807, 2.05) is 29.2 Å². The molecule has 0 aliphatic carbocycles. The van der Waals surface area contributed by atoms with Crippen LogP contribution in [0.3, 0.4) is 0 Å². The lowest BCUT2D eigenvalue weighted by Gasteiger charge is -2.36. The number of anilines is 4. The van der Waals surface area contributed by atoms with Crippen molar-refractivity contribution in [2.75, 3.05) is 61.5 Å². The molecule has 0 radical (unpaired) electrons. The van der Waals surface area contributed by atoms with Crippen molar-refractivity contribution in [1.82, 2.24) is 39.4 Å². The van der Waals surface area contributed by atoms with E-state index >= 15 is 0 Å². The van der Waals surface area contributed by atoms with Crippen LogP contribution in [0.25, 0.3) is 16.9 Å². The quantitative estimate of drug-likeness (QED) is 0.0675. The summed E-state index contributed by atoms with van der Waals surface area (Å²) < 4.78 is 8.81. The molecule has 6 heterocycles. The molecule has 0 saturated carbocycles. The Morgan fingerprint density at radius 2 is 1.73 bits per heavy atom. The number of amides is 5. The van der Waals surface area contributed by atoms with Crippen LogP contribution >= 0.6 is 0 Å². The summed E-state index contributed by atoms with van der Waals surface area (Å²) in [5.41, 5.74) is 1.81. The van der Waals surface area contributed by atoms with Crippen molar-refractivity contribution in [3.05, 3.63) is 107 Å². The fourth-order valence-corrected chi connectivity index (χ4v) is 7.93. The number of imide groups is 2. The van der Waals surface area contributed by atoms with Crippen LogP contribution in [-0.2, 0) is 31.3 Å². The molecule has 63 heavy (non-hydrogen) atoms. The number of benzene rings is 2. The number of aromatic nitrogens is 5. The molecule has 1 unspecified atom stereocenters. The van der Waals surface area contributed by atoms with Crippen LogP contribution in [0, 0.1) is 0 Å². The molecule has 19 nitrogen and oxygen atoms in total. The van der Waals surface area contributed by atoms with Gasteiger partial charge in [0, 0.05) is 62.4 Å². The van der Waals surface area contributed by atoms with Gasteiger partial charge in [-0.1, -0.05) is 18.2 Å². The monoisotopic (exact) mass is 857 g/mol. The summed E-state index contributed by atoms with van der Waals surface area (Å²) in [6, 6.07) is 16.8. The first kappa shape index (κ1) is 42.4. The Bertz CT molecular complexity index is 2680. The van der Waals surface area contributed by atoms with Crippen LogP contribution in [0.15, 0.2) is 84.3 Å². The molecular weight excluding hydrogens is 811 g/mol. The van der Waals surface area contributed by atoms with Gasteiger partial charge in [-0.3, -0.25) is 39.0 Å². The molecule has 4 N–H and O–H groups in total. The highest BCUT2D eigenvalue weighted by Crippen LogP contribution is 2.32. The lowest BCUT2D eigenvalue weighted by atomic mass is 10.0. The van der Waals surface area contributed by atoms with Gasteiger partial charge in [0.2, 0.25) is 23.7 Å². The third kappa shape index (κ3) is 8.64. The first-order valence-corrected chi connectivity index (χ1v) is 20.7. The molecule has 3 aromatic heterocycles. The van der Waals surface area contributed by atoms with Crippen LogP contribution in [-0.4, -0.2) is 121 Å². The van der Waals surface area contributed by atoms with Gasteiger partial charge in [0.15, 0.2) is 11.5 Å². The maximum Gasteiger partial charge on any atom is 0.278 e. The molecule has 8 rings (SSSR count). The van der Waals surface area contributed by atoms with Gasteiger partial charge in [-0.05, 0) is 68.8 Å². The molecule has 2 fully saturated rings. The molecular formula is C44H47N11O8. The van der Waals surface area contributed by atoms with E-state index in [1.165, 1.54) is 16.9 Å². The van der Waals surface area contributed by atoms with Crippen molar-refractivity contribution in [2.45, 2.75) is 51.3 Å². The Morgan fingerprint density at radius 3 is 2.46 bits per heavy atom. The van der Waals surface area contributed by atoms with Gasteiger partial charge in [0.25, 0.3) is 17.4 Å². The molecule has 2 aromatic carbocycles. The Kier molecular flexibility index (Phi) is 11.9. The Labute approximate surface area is 361 Å². The number of carbonyl (C=O) groups is 5. The predicted molar refractivity (Wildman–Crippen MR) is 232 cm³/mol. The smallest absolute Gasteiger partial charge is 0.278 e. The molecule has 0 spiro atoms. The SMILES string of the molecule is C=CCn1c(=O)c2cnc(Nc3ccc(N4CCN(C(=O)CCOCCNc5cccc6c5C(=O)N(C5CCC(=O)NC5=O)C6=O)CC4)cc3)nc2n1-c1cccc(C(C)(C)O)n1. The minimum Gasteiger partial charge on any atom is -0.384 e. The average molecular weight is 858 g/mol. The number of pyridine rings is 1. The van der Waals surface area contributed by atoms with Gasteiger partial charge in [-0.15, -0.1) is 6.58 Å². The van der Waals surface area contributed by atoms with E-state index < -0.39 is 35.3 Å². The van der Waals surface area contributed by atoms with Gasteiger partial charge in [-0.2, -0.15) is 4.98 Å². The number of hydrogen-bond donors (Lipinski definition) is 4. The number of hydrogen-bond acceptors (Lipinski definition) is 14. The van der Waals surface area contributed by atoms with Crippen LogP contribution < -0.4 is 26.4 Å². The number of ether oxygens (including phenoxy) is 1. The number of nitrogens with zero attached hydrogens (tertiary/aromatic N) is 8. The number of fused-ring (bicyclic) bond motifs is 2. The lowest BCUT2D eigenvalue weighted by Crippen LogP contribution is -2.54. The third-order valence-electron chi connectivity index (χ3n) is 11.2. The first-order valence-electron chi connectivity index (χ1n) is 20.7. The topological polar surface area (TPSA) is 226 Å². The zero-order valence-electron chi connectivity index (χ0n) is 34.9. The molecule has 5 amide bonds. The fraction of sp³-hybridized carbons (Fsp3) is 0.341. The molecule has 19 heteroatoms. The lowest BCUT2D eigenvalue weighted by molar-refractivity contribution is -0.136. The van der Waals surface area contributed by atoms with E-state index in [0.717, 1.165) is 16.3 Å². The summed E-state index contributed by atoms with van der Waals surface area (Å²) in [7, 11) is 0. The number of nitrogens with one attached hydrogen (secondary N) is 3. The Hall–Kier alpha value is -7.25. The summed E-state index contributed by atoms with van der Waals surface area (Å²) in [4.78, 5) is 95.6. The van der Waals surface area contributed by atoms with Crippen LogP contribution in [0.5, 0.6) is 0 Å². The van der Waals surface area contributed by atoms with Crippen LogP contribution in [0.2, 0.25) is 0 Å². The highest BCUT2D eigenvalue weighted by atomic mass is 16.5. The molecule has 1 atom stereocenters. The number of rotatable bonds is 15. The van der Waals surface area contributed by atoms with Gasteiger partial charge in [-0.25, -0.2) is 19.3 Å². The normalized spacial score (nSPS) is 16.7. The van der Waals surface area contributed by atoms with Crippen LogP contribution in [0.1, 0.15) is 59.5 Å². The second-order valence-electron chi connectivity index (χ2n) is 15.9. The number of piperazine rings is 1. The largest absolute Gasteiger partial charge is 0.384 e. The van der Waals surface area contributed by atoms with E-state index in [0.29, 0.717) is 61.0 Å². The van der Waals surface area contributed by atoms with E-state index in [2.05, 4.69) is 37.4 Å². The number of aliphatic hydroxyl groups is 1. The minimum atomic E-state index is -1.20. The predicted octanol–water partition coefficient (Wildman–Crippen LogP) is 2.70. The molecule has 3 aliphatic rings.